The molecule has 3 atom stereocenters. The molecule has 2 aliphatic carbocycles. The molecular weight excluding hydrogens is 152 g/mol. The van der Waals surface area contributed by atoms with Gasteiger partial charge in [0.2, 0.25) is 0 Å². The molecule has 2 aliphatic rings. The van der Waals surface area contributed by atoms with Gasteiger partial charge in [0.25, 0.3) is 0 Å². The van der Waals surface area contributed by atoms with E-state index in [0.717, 1.165) is 25.7 Å². The number of fused-ring (bicyclic) bond motifs is 1. The molecule has 12 heavy (non-hydrogen) atoms. The van der Waals surface area contributed by atoms with Gasteiger partial charge in [0.15, 0.2) is 0 Å². The minimum Gasteiger partial charge on any atom is -0.389 e. The summed E-state index contributed by atoms with van der Waals surface area (Å²) < 4.78 is 0. The van der Waals surface area contributed by atoms with Gasteiger partial charge in [-0.1, -0.05) is 6.92 Å². The molecule has 1 N–H and O–H groups in total. The number of ketones is 1. The van der Waals surface area contributed by atoms with E-state index in [2.05, 4.69) is 6.92 Å². The second kappa shape index (κ2) is 2.56. The highest BCUT2D eigenvalue weighted by Crippen LogP contribution is 2.47. The molecular formula is C10H16O2. The van der Waals surface area contributed by atoms with Crippen molar-refractivity contribution in [3.63, 3.8) is 0 Å². The van der Waals surface area contributed by atoms with Crippen LogP contribution in [0.4, 0.5) is 0 Å². The maximum atomic E-state index is 11.5. The van der Waals surface area contributed by atoms with E-state index in [-0.39, 0.29) is 5.92 Å². The van der Waals surface area contributed by atoms with Crippen LogP contribution in [0.25, 0.3) is 0 Å². The van der Waals surface area contributed by atoms with Gasteiger partial charge in [0, 0.05) is 12.3 Å². The van der Waals surface area contributed by atoms with E-state index >= 15 is 0 Å². The van der Waals surface area contributed by atoms with Crippen molar-refractivity contribution in [1.29, 1.82) is 0 Å². The van der Waals surface area contributed by atoms with E-state index in [0.29, 0.717) is 18.1 Å². The fourth-order valence-electron chi connectivity index (χ4n) is 2.84. The molecule has 0 bridgehead atoms. The molecule has 2 saturated carbocycles. The first-order chi connectivity index (χ1) is 5.64. The van der Waals surface area contributed by atoms with Crippen molar-refractivity contribution in [2.45, 2.75) is 44.6 Å². The zero-order valence-electron chi connectivity index (χ0n) is 7.55. The van der Waals surface area contributed by atoms with Crippen LogP contribution in [-0.4, -0.2) is 16.5 Å². The Kier molecular flexibility index (Phi) is 1.76. The second-order valence-electron chi connectivity index (χ2n) is 4.34. The highest BCUT2D eigenvalue weighted by molar-refractivity contribution is 5.83. The standard InChI is InChI=1S/C10H16O2/c1-7-4-5-8-9(11)3-2-6-10(7,8)12/h7-8,12H,2-6H2,1H3/t7-,8?,10?/m1/s1. The Morgan fingerprint density at radius 2 is 2.25 bits per heavy atom. The molecule has 0 aromatic rings. The van der Waals surface area contributed by atoms with Gasteiger partial charge in [-0.15, -0.1) is 0 Å². The number of Topliss-reactive ketones (excluding diaryl/α,β-unsaturated/α-hetero) is 1. The van der Waals surface area contributed by atoms with Crippen molar-refractivity contribution in [3.8, 4) is 0 Å². The SMILES string of the molecule is C[C@@H]1CCC2C(=O)CCCC21O. The number of rotatable bonds is 0. The van der Waals surface area contributed by atoms with Gasteiger partial charge < -0.3 is 5.11 Å². The first-order valence-electron chi connectivity index (χ1n) is 4.89. The Balaban J connectivity index is 2.26. The van der Waals surface area contributed by atoms with Crippen LogP contribution in [0.15, 0.2) is 0 Å². The van der Waals surface area contributed by atoms with Crippen LogP contribution in [-0.2, 0) is 4.79 Å². The molecule has 2 rings (SSSR count). The average molecular weight is 168 g/mol. The summed E-state index contributed by atoms with van der Waals surface area (Å²) in [6.45, 7) is 2.07. The number of carbonyl (C=O) groups excluding carboxylic acids is 1. The third-order valence-electron chi connectivity index (χ3n) is 3.73. The highest BCUT2D eigenvalue weighted by atomic mass is 16.3. The van der Waals surface area contributed by atoms with Gasteiger partial charge in [-0.2, -0.15) is 0 Å². The largest absolute Gasteiger partial charge is 0.389 e. The first-order valence-corrected chi connectivity index (χ1v) is 4.89. The molecule has 0 aliphatic heterocycles. The Morgan fingerprint density at radius 3 is 2.92 bits per heavy atom. The Morgan fingerprint density at radius 1 is 1.50 bits per heavy atom. The van der Waals surface area contributed by atoms with Gasteiger partial charge in [-0.25, -0.2) is 0 Å². The average Bonchev–Trinajstić information content (AvgIpc) is 2.30. The van der Waals surface area contributed by atoms with E-state index in [1.54, 1.807) is 0 Å². The van der Waals surface area contributed by atoms with Crippen LogP contribution in [0.2, 0.25) is 0 Å². The van der Waals surface area contributed by atoms with Gasteiger partial charge in [-0.05, 0) is 31.6 Å². The molecule has 0 amide bonds. The van der Waals surface area contributed by atoms with Crippen molar-refractivity contribution < 1.29 is 9.90 Å². The van der Waals surface area contributed by atoms with Crippen molar-refractivity contribution >= 4 is 5.78 Å². The van der Waals surface area contributed by atoms with Gasteiger partial charge in [0.05, 0.1) is 5.60 Å². The lowest BCUT2D eigenvalue weighted by molar-refractivity contribution is -0.138. The van der Waals surface area contributed by atoms with Crippen molar-refractivity contribution in [1.82, 2.24) is 0 Å². The topological polar surface area (TPSA) is 37.3 Å². The zero-order chi connectivity index (χ0) is 8.77. The van der Waals surface area contributed by atoms with Crippen LogP contribution < -0.4 is 0 Å². The van der Waals surface area contributed by atoms with Crippen LogP contribution in [0, 0.1) is 11.8 Å². The maximum absolute atomic E-state index is 11.5. The van der Waals surface area contributed by atoms with Gasteiger partial charge >= 0.3 is 0 Å². The number of hydrogen-bond donors (Lipinski definition) is 1. The Labute approximate surface area is 73.0 Å². The fourth-order valence-corrected chi connectivity index (χ4v) is 2.84. The number of aliphatic hydroxyl groups is 1. The predicted molar refractivity (Wildman–Crippen MR) is 45.7 cm³/mol. The maximum Gasteiger partial charge on any atom is 0.138 e. The molecule has 0 aromatic carbocycles. The molecule has 0 radical (unpaired) electrons. The molecule has 2 fully saturated rings. The van der Waals surface area contributed by atoms with Crippen LogP contribution in [0.1, 0.15) is 39.0 Å². The summed E-state index contributed by atoms with van der Waals surface area (Å²) in [7, 11) is 0. The second-order valence-corrected chi connectivity index (χ2v) is 4.34. The van der Waals surface area contributed by atoms with Crippen molar-refractivity contribution in [3.05, 3.63) is 0 Å². The Hall–Kier alpha value is -0.370. The minimum atomic E-state index is -0.630. The van der Waals surface area contributed by atoms with E-state index in [1.807, 2.05) is 0 Å². The lowest BCUT2D eigenvalue weighted by Crippen LogP contribution is -2.45. The molecule has 68 valence electrons. The third kappa shape index (κ3) is 0.939. The summed E-state index contributed by atoms with van der Waals surface area (Å²) in [6, 6.07) is 0. The summed E-state index contributed by atoms with van der Waals surface area (Å²) in [4.78, 5) is 11.5. The third-order valence-corrected chi connectivity index (χ3v) is 3.73. The molecule has 2 unspecified atom stereocenters. The number of hydrogen-bond acceptors (Lipinski definition) is 2. The predicted octanol–water partition coefficient (Wildman–Crippen LogP) is 1.52. The molecule has 2 heteroatoms. The summed E-state index contributed by atoms with van der Waals surface area (Å²) in [5.74, 6) is 0.598. The first kappa shape index (κ1) is 8.24. The monoisotopic (exact) mass is 168 g/mol. The van der Waals surface area contributed by atoms with E-state index in [1.165, 1.54) is 0 Å². The van der Waals surface area contributed by atoms with Crippen LogP contribution >= 0.6 is 0 Å². The van der Waals surface area contributed by atoms with Crippen molar-refractivity contribution in [2.24, 2.45) is 11.8 Å². The lowest BCUT2D eigenvalue weighted by Gasteiger charge is -2.36. The summed E-state index contributed by atoms with van der Waals surface area (Å²) in [5.41, 5.74) is -0.630. The van der Waals surface area contributed by atoms with Gasteiger partial charge in [-0.3, -0.25) is 4.79 Å². The van der Waals surface area contributed by atoms with Crippen molar-refractivity contribution in [2.75, 3.05) is 0 Å². The van der Waals surface area contributed by atoms with E-state index < -0.39 is 5.60 Å². The number of carbonyl (C=O) groups is 1. The zero-order valence-corrected chi connectivity index (χ0v) is 7.55. The van der Waals surface area contributed by atoms with Crippen LogP contribution in [0.5, 0.6) is 0 Å². The van der Waals surface area contributed by atoms with Gasteiger partial charge in [0.1, 0.15) is 5.78 Å². The smallest absolute Gasteiger partial charge is 0.138 e. The summed E-state index contributed by atoms with van der Waals surface area (Å²) in [5, 5.41) is 10.2. The molecule has 0 heterocycles. The lowest BCUT2D eigenvalue weighted by atomic mass is 9.74. The normalized spacial score (nSPS) is 47.7. The van der Waals surface area contributed by atoms with E-state index in [9.17, 15) is 9.90 Å². The highest BCUT2D eigenvalue weighted by Gasteiger charge is 2.51. The molecule has 0 saturated heterocycles. The molecule has 0 aromatic heterocycles. The molecule has 0 spiro atoms. The summed E-state index contributed by atoms with van der Waals surface area (Å²) in [6.07, 6.45) is 4.35. The van der Waals surface area contributed by atoms with Crippen LogP contribution in [0.3, 0.4) is 0 Å². The quantitative estimate of drug-likeness (QED) is 0.595. The fraction of sp³-hybridized carbons (Fsp3) is 0.900. The Bertz CT molecular complexity index is 212. The van der Waals surface area contributed by atoms with E-state index in [4.69, 9.17) is 0 Å². The summed E-state index contributed by atoms with van der Waals surface area (Å²) >= 11 is 0. The molecule has 2 nitrogen and oxygen atoms in total. The minimum absolute atomic E-state index is 0.0266.